The maximum absolute atomic E-state index is 13.4. The van der Waals surface area contributed by atoms with Gasteiger partial charge in [-0.2, -0.15) is 0 Å². The van der Waals surface area contributed by atoms with E-state index in [9.17, 15) is 18.8 Å². The van der Waals surface area contributed by atoms with Crippen LogP contribution in [0, 0.1) is 5.82 Å². The number of para-hydroxylation sites is 1. The second kappa shape index (κ2) is 11.6. The van der Waals surface area contributed by atoms with E-state index in [-0.39, 0.29) is 30.1 Å². The molecule has 1 heterocycles. The third kappa shape index (κ3) is 6.17. The number of benzene rings is 3. The van der Waals surface area contributed by atoms with Crippen LogP contribution in [0.1, 0.15) is 11.1 Å². The molecule has 7 nitrogen and oxygen atoms in total. The van der Waals surface area contributed by atoms with Crippen LogP contribution in [0.5, 0.6) is 0 Å². The Labute approximate surface area is 211 Å². The van der Waals surface area contributed by atoms with E-state index >= 15 is 0 Å². The molecule has 0 aliphatic heterocycles. The van der Waals surface area contributed by atoms with Crippen LogP contribution >= 0.6 is 11.8 Å². The third-order valence-corrected chi connectivity index (χ3v) is 6.49. The first kappa shape index (κ1) is 25.1. The number of ether oxygens (including phenoxy) is 1. The van der Waals surface area contributed by atoms with Crippen molar-refractivity contribution in [1.82, 2.24) is 14.9 Å². The standard InChI is InChI=1S/C27H24FN3O4S/c1-35-26(34)23(15-18-7-3-2-4-8-18)29-24(32)17-36-27-30-22-10-6-5-9-21(22)25(33)31(27)16-19-11-13-20(28)14-12-19/h2-14,23H,15-17H2,1H3,(H,29,32)/t23-/m1/s1. The number of thioether (sulfide) groups is 1. The normalized spacial score (nSPS) is 11.7. The van der Waals surface area contributed by atoms with Crippen molar-refractivity contribution in [1.29, 1.82) is 0 Å². The van der Waals surface area contributed by atoms with Crippen LogP contribution in [-0.2, 0) is 27.3 Å². The summed E-state index contributed by atoms with van der Waals surface area (Å²) >= 11 is 1.09. The average molecular weight is 506 g/mol. The van der Waals surface area contributed by atoms with Gasteiger partial charge in [0.1, 0.15) is 11.9 Å². The zero-order valence-electron chi connectivity index (χ0n) is 19.5. The second-order valence-corrected chi connectivity index (χ2v) is 8.99. The number of hydrogen-bond acceptors (Lipinski definition) is 6. The average Bonchev–Trinajstić information content (AvgIpc) is 2.90. The lowest BCUT2D eigenvalue weighted by Crippen LogP contribution is -2.43. The van der Waals surface area contributed by atoms with Gasteiger partial charge in [0.25, 0.3) is 5.56 Å². The summed E-state index contributed by atoms with van der Waals surface area (Å²) in [6, 6.07) is 21.3. The van der Waals surface area contributed by atoms with Crippen molar-refractivity contribution in [3.05, 3.63) is 106 Å². The molecule has 0 spiro atoms. The van der Waals surface area contributed by atoms with E-state index in [4.69, 9.17) is 4.74 Å². The molecule has 1 atom stereocenters. The van der Waals surface area contributed by atoms with Crippen molar-refractivity contribution in [2.75, 3.05) is 12.9 Å². The Balaban J connectivity index is 1.55. The Kier molecular flexibility index (Phi) is 8.12. The molecule has 0 aliphatic rings. The Morgan fingerprint density at radius 3 is 2.42 bits per heavy atom. The van der Waals surface area contributed by atoms with Gasteiger partial charge in [-0.3, -0.25) is 14.2 Å². The number of nitrogens with one attached hydrogen (secondary N) is 1. The third-order valence-electron chi connectivity index (χ3n) is 5.52. The molecule has 0 unspecified atom stereocenters. The van der Waals surface area contributed by atoms with E-state index in [0.29, 0.717) is 16.1 Å². The second-order valence-electron chi connectivity index (χ2n) is 8.05. The number of carbonyl (C=O) groups excluding carboxylic acids is 2. The van der Waals surface area contributed by atoms with Crippen LogP contribution in [-0.4, -0.2) is 40.3 Å². The number of hydrogen-bond donors (Lipinski definition) is 1. The predicted octanol–water partition coefficient (Wildman–Crippen LogP) is 3.58. The maximum atomic E-state index is 13.4. The lowest BCUT2D eigenvalue weighted by molar-refractivity contribution is -0.144. The van der Waals surface area contributed by atoms with E-state index in [1.54, 1.807) is 36.4 Å². The van der Waals surface area contributed by atoms with Gasteiger partial charge in [-0.15, -0.1) is 0 Å². The summed E-state index contributed by atoms with van der Waals surface area (Å²) in [5.74, 6) is -1.39. The van der Waals surface area contributed by atoms with Crippen LogP contribution < -0.4 is 10.9 Å². The fraction of sp³-hybridized carbons (Fsp3) is 0.185. The van der Waals surface area contributed by atoms with Crippen molar-refractivity contribution in [2.45, 2.75) is 24.2 Å². The summed E-state index contributed by atoms with van der Waals surface area (Å²) in [5, 5.41) is 3.51. The number of aromatic nitrogens is 2. The minimum absolute atomic E-state index is 0.0729. The molecule has 1 amide bonds. The van der Waals surface area contributed by atoms with Crippen LogP contribution in [0.4, 0.5) is 4.39 Å². The monoisotopic (exact) mass is 505 g/mol. The van der Waals surface area contributed by atoms with Gasteiger partial charge in [-0.1, -0.05) is 66.4 Å². The predicted molar refractivity (Wildman–Crippen MR) is 136 cm³/mol. The fourth-order valence-corrected chi connectivity index (χ4v) is 4.53. The van der Waals surface area contributed by atoms with Gasteiger partial charge < -0.3 is 10.1 Å². The smallest absolute Gasteiger partial charge is 0.328 e. The Hall–Kier alpha value is -3.98. The number of nitrogens with zero attached hydrogens (tertiary/aromatic N) is 2. The number of methoxy groups -OCH3 is 1. The summed E-state index contributed by atoms with van der Waals surface area (Å²) in [6.45, 7) is 0.166. The Morgan fingerprint density at radius 2 is 1.69 bits per heavy atom. The highest BCUT2D eigenvalue weighted by atomic mass is 32.2. The molecular formula is C27H24FN3O4S. The van der Waals surface area contributed by atoms with Gasteiger partial charge in [-0.05, 0) is 35.4 Å². The fourth-order valence-electron chi connectivity index (χ4n) is 3.72. The zero-order valence-corrected chi connectivity index (χ0v) is 20.3. The summed E-state index contributed by atoms with van der Waals surface area (Å²) < 4.78 is 19.7. The molecule has 1 N–H and O–H groups in total. The van der Waals surface area contributed by atoms with E-state index in [1.807, 2.05) is 30.3 Å². The summed E-state index contributed by atoms with van der Waals surface area (Å²) in [7, 11) is 1.27. The van der Waals surface area contributed by atoms with Gasteiger partial charge in [0.2, 0.25) is 5.91 Å². The number of amides is 1. The van der Waals surface area contributed by atoms with Crippen molar-refractivity contribution < 1.29 is 18.7 Å². The molecule has 0 radical (unpaired) electrons. The van der Waals surface area contributed by atoms with Crippen LogP contribution in [0.15, 0.2) is 88.8 Å². The van der Waals surface area contributed by atoms with Gasteiger partial charge in [-0.25, -0.2) is 14.2 Å². The van der Waals surface area contributed by atoms with E-state index in [0.717, 1.165) is 22.9 Å². The van der Waals surface area contributed by atoms with Gasteiger partial charge in [0.05, 0.1) is 30.3 Å². The Morgan fingerprint density at radius 1 is 1.00 bits per heavy atom. The summed E-state index contributed by atoms with van der Waals surface area (Å²) in [4.78, 5) is 42.9. The molecule has 0 aliphatic carbocycles. The van der Waals surface area contributed by atoms with Gasteiger partial charge in [0, 0.05) is 6.42 Å². The van der Waals surface area contributed by atoms with Gasteiger partial charge in [0.15, 0.2) is 5.16 Å². The number of carbonyl (C=O) groups is 2. The lowest BCUT2D eigenvalue weighted by atomic mass is 10.1. The molecule has 1 aromatic heterocycles. The molecular weight excluding hydrogens is 481 g/mol. The number of esters is 1. The molecule has 0 saturated heterocycles. The van der Waals surface area contributed by atoms with Crippen LogP contribution in [0.3, 0.4) is 0 Å². The minimum atomic E-state index is -0.850. The van der Waals surface area contributed by atoms with Crippen molar-refractivity contribution in [3.8, 4) is 0 Å². The molecule has 0 bridgehead atoms. The molecule has 184 valence electrons. The molecule has 9 heteroatoms. The first-order chi connectivity index (χ1) is 17.4. The number of rotatable bonds is 9. The first-order valence-corrected chi connectivity index (χ1v) is 12.2. The largest absolute Gasteiger partial charge is 0.467 e. The SMILES string of the molecule is COC(=O)[C@@H](Cc1ccccc1)NC(=O)CSc1nc2ccccc2c(=O)n1Cc1ccc(F)cc1. The zero-order chi connectivity index (χ0) is 25.5. The van der Waals surface area contributed by atoms with E-state index in [2.05, 4.69) is 10.3 Å². The molecule has 4 aromatic rings. The van der Waals surface area contributed by atoms with E-state index in [1.165, 1.54) is 23.8 Å². The number of fused-ring (bicyclic) bond motifs is 1. The Bertz CT molecular complexity index is 1420. The van der Waals surface area contributed by atoms with E-state index < -0.39 is 17.9 Å². The molecule has 0 saturated carbocycles. The number of halogens is 1. The summed E-state index contributed by atoms with van der Waals surface area (Å²) in [5.41, 5.74) is 1.85. The van der Waals surface area contributed by atoms with Crippen molar-refractivity contribution in [3.63, 3.8) is 0 Å². The topological polar surface area (TPSA) is 90.3 Å². The molecule has 3 aromatic carbocycles. The van der Waals surface area contributed by atoms with Crippen LogP contribution in [0.2, 0.25) is 0 Å². The van der Waals surface area contributed by atoms with Crippen molar-refractivity contribution >= 4 is 34.5 Å². The highest BCUT2D eigenvalue weighted by Gasteiger charge is 2.22. The maximum Gasteiger partial charge on any atom is 0.328 e. The molecule has 0 fully saturated rings. The summed E-state index contributed by atoms with van der Waals surface area (Å²) in [6.07, 6.45) is 0.285. The minimum Gasteiger partial charge on any atom is -0.467 e. The quantitative estimate of drug-likeness (QED) is 0.213. The van der Waals surface area contributed by atoms with Crippen molar-refractivity contribution in [2.24, 2.45) is 0 Å². The lowest BCUT2D eigenvalue weighted by Gasteiger charge is -2.17. The highest BCUT2D eigenvalue weighted by Crippen LogP contribution is 2.19. The highest BCUT2D eigenvalue weighted by molar-refractivity contribution is 7.99. The van der Waals surface area contributed by atoms with Gasteiger partial charge >= 0.3 is 5.97 Å². The first-order valence-electron chi connectivity index (χ1n) is 11.2. The molecule has 4 rings (SSSR count). The molecule has 36 heavy (non-hydrogen) atoms. The van der Waals surface area contributed by atoms with Crippen LogP contribution in [0.25, 0.3) is 10.9 Å².